The van der Waals surface area contributed by atoms with Gasteiger partial charge in [0, 0.05) is 34.5 Å². The van der Waals surface area contributed by atoms with Crippen molar-refractivity contribution >= 4 is 29.9 Å². The van der Waals surface area contributed by atoms with Gasteiger partial charge in [-0.2, -0.15) is 0 Å². The number of halogens is 3. The molecule has 1 amide bonds. The number of rotatable bonds is 4. The second kappa shape index (κ2) is 6.29. The van der Waals surface area contributed by atoms with Gasteiger partial charge in [-0.1, -0.05) is 17.7 Å². The van der Waals surface area contributed by atoms with E-state index in [-0.39, 0.29) is 36.0 Å². The van der Waals surface area contributed by atoms with Crippen LogP contribution in [0.3, 0.4) is 0 Å². The van der Waals surface area contributed by atoms with Crippen molar-refractivity contribution in [1.29, 1.82) is 0 Å². The summed E-state index contributed by atoms with van der Waals surface area (Å²) in [5.74, 6) is -0.756. The van der Waals surface area contributed by atoms with Gasteiger partial charge in [-0.3, -0.25) is 4.79 Å². The quantitative estimate of drug-likeness (QED) is 0.896. The molecule has 2 unspecified atom stereocenters. The smallest absolute Gasteiger partial charge is 0.224 e. The number of hydrogen-bond acceptors (Lipinski definition) is 2. The van der Waals surface area contributed by atoms with E-state index in [9.17, 15) is 9.18 Å². The Morgan fingerprint density at radius 3 is 2.75 bits per heavy atom. The Bertz CT molecular complexity index is 488. The van der Waals surface area contributed by atoms with E-state index in [4.69, 9.17) is 17.3 Å². The molecule has 0 saturated heterocycles. The number of hydrogen-bond donors (Lipinski definition) is 2. The van der Waals surface area contributed by atoms with E-state index in [0.717, 1.165) is 0 Å². The van der Waals surface area contributed by atoms with E-state index in [0.29, 0.717) is 23.6 Å². The summed E-state index contributed by atoms with van der Waals surface area (Å²) in [7, 11) is 0. The molecule has 0 radical (unpaired) electrons. The first kappa shape index (κ1) is 17.2. The Kier molecular flexibility index (Phi) is 5.41. The molecule has 0 aliphatic heterocycles. The molecule has 0 bridgehead atoms. The highest BCUT2D eigenvalue weighted by atomic mass is 35.5. The molecular formula is C14H19Cl2FN2O. The Morgan fingerprint density at radius 1 is 1.55 bits per heavy atom. The van der Waals surface area contributed by atoms with Gasteiger partial charge in [0.05, 0.1) is 0 Å². The second-order valence-electron chi connectivity index (χ2n) is 5.66. The maximum absolute atomic E-state index is 13.7. The Morgan fingerprint density at radius 2 is 2.20 bits per heavy atom. The summed E-state index contributed by atoms with van der Waals surface area (Å²) >= 11 is 6.00. The molecule has 0 aromatic heterocycles. The molecule has 1 aliphatic carbocycles. The Balaban J connectivity index is 0.00000200. The summed E-state index contributed by atoms with van der Waals surface area (Å²) in [6.45, 7) is 4.08. The highest BCUT2D eigenvalue weighted by Gasteiger charge is 2.47. The molecule has 2 atom stereocenters. The minimum atomic E-state index is -0.441. The van der Waals surface area contributed by atoms with Gasteiger partial charge in [-0.25, -0.2) is 4.39 Å². The molecule has 1 fully saturated rings. The summed E-state index contributed by atoms with van der Waals surface area (Å²) in [6, 6.07) is 4.59. The molecule has 1 aliphatic rings. The number of amides is 1. The normalized spacial score (nSPS) is 21.1. The maximum atomic E-state index is 13.7. The van der Waals surface area contributed by atoms with Crippen LogP contribution >= 0.6 is 24.0 Å². The van der Waals surface area contributed by atoms with Crippen molar-refractivity contribution in [1.82, 2.24) is 5.32 Å². The monoisotopic (exact) mass is 320 g/mol. The fraction of sp³-hybridized carbons (Fsp3) is 0.500. The molecule has 3 N–H and O–H groups in total. The van der Waals surface area contributed by atoms with Crippen LogP contribution in [0.5, 0.6) is 0 Å². The lowest BCUT2D eigenvalue weighted by Gasteiger charge is -2.24. The molecule has 1 aromatic rings. The number of carbonyl (C=O) groups excluding carboxylic acids is 1. The number of benzene rings is 1. The van der Waals surface area contributed by atoms with E-state index in [1.54, 1.807) is 12.1 Å². The van der Waals surface area contributed by atoms with Crippen LogP contribution in [-0.2, 0) is 4.79 Å². The predicted molar refractivity (Wildman–Crippen MR) is 80.8 cm³/mol. The van der Waals surface area contributed by atoms with Crippen LogP contribution in [0.4, 0.5) is 4.39 Å². The van der Waals surface area contributed by atoms with Crippen LogP contribution in [-0.4, -0.2) is 18.0 Å². The van der Waals surface area contributed by atoms with Gasteiger partial charge < -0.3 is 11.1 Å². The fourth-order valence-corrected chi connectivity index (χ4v) is 2.45. The average molecular weight is 321 g/mol. The lowest BCUT2D eigenvalue weighted by Crippen LogP contribution is -2.49. The van der Waals surface area contributed by atoms with E-state index >= 15 is 0 Å². The third-order valence-corrected chi connectivity index (χ3v) is 3.80. The molecular weight excluding hydrogens is 302 g/mol. The summed E-state index contributed by atoms with van der Waals surface area (Å²) in [5.41, 5.74) is 5.59. The maximum Gasteiger partial charge on any atom is 0.224 e. The lowest BCUT2D eigenvalue weighted by molar-refractivity contribution is -0.123. The van der Waals surface area contributed by atoms with Crippen LogP contribution in [0.25, 0.3) is 0 Å². The Hall–Kier alpha value is -0.840. The standard InChI is InChI=1S/C14H18ClFN2O.ClH/c1-14(2,7-17)18-13(19)9-6-8(9)12-10(15)4-3-5-11(12)16;/h3-5,8-9H,6-7,17H2,1-2H3,(H,18,19);1H. The number of nitrogens with one attached hydrogen (secondary N) is 1. The van der Waals surface area contributed by atoms with Gasteiger partial charge in [0.15, 0.2) is 0 Å². The molecule has 0 spiro atoms. The van der Waals surface area contributed by atoms with E-state index in [1.165, 1.54) is 6.07 Å². The van der Waals surface area contributed by atoms with Crippen molar-refractivity contribution in [2.75, 3.05) is 6.54 Å². The molecule has 1 aromatic carbocycles. The van der Waals surface area contributed by atoms with Gasteiger partial charge in [0.25, 0.3) is 0 Å². The molecule has 112 valence electrons. The summed E-state index contributed by atoms with van der Waals surface area (Å²) in [5, 5.41) is 3.26. The number of carbonyl (C=O) groups is 1. The van der Waals surface area contributed by atoms with E-state index in [2.05, 4.69) is 5.32 Å². The summed E-state index contributed by atoms with van der Waals surface area (Å²) in [4.78, 5) is 12.1. The molecule has 6 heteroatoms. The SMILES string of the molecule is CC(C)(CN)NC(=O)C1CC1c1c(F)cccc1Cl.Cl. The minimum Gasteiger partial charge on any atom is -0.350 e. The first-order valence-corrected chi connectivity index (χ1v) is 6.69. The van der Waals surface area contributed by atoms with Crippen molar-refractivity contribution in [2.24, 2.45) is 11.7 Å². The van der Waals surface area contributed by atoms with Crippen LogP contribution in [0.2, 0.25) is 5.02 Å². The van der Waals surface area contributed by atoms with Crippen LogP contribution in [0.1, 0.15) is 31.7 Å². The molecule has 1 saturated carbocycles. The predicted octanol–water partition coefficient (Wildman–Crippen LogP) is 2.86. The summed E-state index contributed by atoms with van der Waals surface area (Å²) in [6.07, 6.45) is 0.632. The van der Waals surface area contributed by atoms with E-state index < -0.39 is 5.54 Å². The zero-order valence-corrected chi connectivity index (χ0v) is 13.0. The third-order valence-electron chi connectivity index (χ3n) is 3.47. The zero-order chi connectivity index (χ0) is 14.2. The molecule has 2 rings (SSSR count). The first-order chi connectivity index (χ1) is 8.85. The lowest BCUT2D eigenvalue weighted by atomic mass is 10.0. The third kappa shape index (κ3) is 3.62. The largest absolute Gasteiger partial charge is 0.350 e. The van der Waals surface area contributed by atoms with Crippen LogP contribution in [0, 0.1) is 11.7 Å². The second-order valence-corrected chi connectivity index (χ2v) is 6.07. The molecule has 0 heterocycles. The van der Waals surface area contributed by atoms with E-state index in [1.807, 2.05) is 13.8 Å². The van der Waals surface area contributed by atoms with Gasteiger partial charge in [0.2, 0.25) is 5.91 Å². The van der Waals surface area contributed by atoms with Crippen molar-refractivity contribution in [2.45, 2.75) is 31.7 Å². The highest BCUT2D eigenvalue weighted by molar-refractivity contribution is 6.31. The van der Waals surface area contributed by atoms with Gasteiger partial charge in [-0.15, -0.1) is 12.4 Å². The molecule has 3 nitrogen and oxygen atoms in total. The summed E-state index contributed by atoms with van der Waals surface area (Å²) < 4.78 is 13.7. The fourth-order valence-electron chi connectivity index (χ4n) is 2.15. The van der Waals surface area contributed by atoms with Gasteiger partial charge >= 0.3 is 0 Å². The first-order valence-electron chi connectivity index (χ1n) is 6.32. The van der Waals surface area contributed by atoms with Crippen molar-refractivity contribution in [3.63, 3.8) is 0 Å². The highest BCUT2D eigenvalue weighted by Crippen LogP contribution is 2.50. The zero-order valence-electron chi connectivity index (χ0n) is 11.5. The Labute approximate surface area is 129 Å². The van der Waals surface area contributed by atoms with Crippen molar-refractivity contribution in [3.8, 4) is 0 Å². The number of nitrogens with two attached hydrogens (primary N) is 1. The van der Waals surface area contributed by atoms with Gasteiger partial charge in [-0.05, 0) is 32.4 Å². The van der Waals surface area contributed by atoms with Gasteiger partial charge in [0.1, 0.15) is 5.82 Å². The van der Waals surface area contributed by atoms with Crippen LogP contribution < -0.4 is 11.1 Å². The minimum absolute atomic E-state index is 0. The van der Waals surface area contributed by atoms with Crippen molar-refractivity contribution in [3.05, 3.63) is 34.6 Å². The topological polar surface area (TPSA) is 55.1 Å². The van der Waals surface area contributed by atoms with Crippen molar-refractivity contribution < 1.29 is 9.18 Å². The average Bonchev–Trinajstić information content (AvgIpc) is 3.08. The van der Waals surface area contributed by atoms with Crippen LogP contribution in [0.15, 0.2) is 18.2 Å². The molecule has 20 heavy (non-hydrogen) atoms.